The number of rotatable bonds is 3. The Bertz CT molecular complexity index is 820. The molecule has 0 atom stereocenters. The molecule has 2 amide bonds. The zero-order valence-electron chi connectivity index (χ0n) is 14.8. The summed E-state index contributed by atoms with van der Waals surface area (Å²) in [5, 5.41) is 6.99. The van der Waals surface area contributed by atoms with Crippen molar-refractivity contribution in [2.24, 2.45) is 0 Å². The predicted molar refractivity (Wildman–Crippen MR) is 95.7 cm³/mol. The Morgan fingerprint density at radius 3 is 2.54 bits per heavy atom. The highest BCUT2D eigenvalue weighted by Crippen LogP contribution is 2.30. The Morgan fingerprint density at radius 2 is 1.96 bits per heavy atom. The molecular formula is C19H22N4O3. The second kappa shape index (κ2) is 6.48. The van der Waals surface area contributed by atoms with E-state index < -0.39 is 5.60 Å². The number of amides is 2. The van der Waals surface area contributed by atoms with Gasteiger partial charge in [0.05, 0.1) is 12.7 Å². The van der Waals surface area contributed by atoms with Crippen LogP contribution < -0.4 is 5.32 Å². The third-order valence-electron chi connectivity index (χ3n) is 5.25. The Hall–Kier alpha value is -2.83. The van der Waals surface area contributed by atoms with E-state index in [0.29, 0.717) is 38.0 Å². The highest BCUT2D eigenvalue weighted by atomic mass is 16.6. The second-order valence-electron chi connectivity index (χ2n) is 6.88. The molecule has 2 aliphatic heterocycles. The van der Waals surface area contributed by atoms with Gasteiger partial charge in [0.15, 0.2) is 0 Å². The number of nitrogens with zero attached hydrogens (tertiary/aromatic N) is 3. The van der Waals surface area contributed by atoms with Gasteiger partial charge >= 0.3 is 6.09 Å². The normalized spacial score (nSPS) is 18.7. The van der Waals surface area contributed by atoms with Crippen LogP contribution >= 0.6 is 0 Å². The molecule has 0 aliphatic carbocycles. The van der Waals surface area contributed by atoms with E-state index in [9.17, 15) is 9.59 Å². The maximum atomic E-state index is 12.8. The van der Waals surface area contributed by atoms with Gasteiger partial charge in [0, 0.05) is 49.8 Å². The summed E-state index contributed by atoms with van der Waals surface area (Å²) in [6.07, 6.45) is 4.82. The van der Waals surface area contributed by atoms with Crippen LogP contribution in [-0.4, -0.2) is 51.9 Å². The third-order valence-corrected chi connectivity index (χ3v) is 5.25. The minimum atomic E-state index is -0.433. The number of nitrogens with one attached hydrogen (secondary N) is 1. The molecule has 0 radical (unpaired) electrons. The number of carbonyl (C=O) groups excluding carboxylic acids is 2. The van der Waals surface area contributed by atoms with E-state index in [2.05, 4.69) is 10.4 Å². The van der Waals surface area contributed by atoms with Crippen LogP contribution in [0.1, 0.15) is 30.1 Å². The van der Waals surface area contributed by atoms with Crippen molar-refractivity contribution in [2.75, 3.05) is 19.6 Å². The topological polar surface area (TPSA) is 76.5 Å². The Morgan fingerprint density at radius 1 is 1.23 bits per heavy atom. The molecule has 3 heterocycles. The van der Waals surface area contributed by atoms with Gasteiger partial charge in [0.1, 0.15) is 5.60 Å². The minimum Gasteiger partial charge on any atom is -0.441 e. The van der Waals surface area contributed by atoms with E-state index in [-0.39, 0.29) is 12.0 Å². The van der Waals surface area contributed by atoms with Gasteiger partial charge in [-0.15, -0.1) is 0 Å². The Kier molecular flexibility index (Phi) is 4.14. The van der Waals surface area contributed by atoms with Crippen molar-refractivity contribution in [1.82, 2.24) is 20.0 Å². The molecule has 4 rings (SSSR count). The van der Waals surface area contributed by atoms with Gasteiger partial charge in [-0.1, -0.05) is 12.1 Å². The van der Waals surface area contributed by atoms with Gasteiger partial charge in [-0.05, 0) is 24.6 Å². The highest BCUT2D eigenvalue weighted by molar-refractivity contribution is 5.94. The maximum absolute atomic E-state index is 12.8. The van der Waals surface area contributed by atoms with E-state index in [0.717, 1.165) is 17.7 Å². The molecule has 1 spiro atoms. The average molecular weight is 354 g/mol. The molecule has 1 aromatic heterocycles. The lowest BCUT2D eigenvalue weighted by atomic mass is 9.91. The standard InChI is InChI=1S/C19H22N4O3/c1-2-23-12-16(11-21-23)14-3-5-15(6-4-14)17(24)22-9-7-19(8-10-22)13-20-18(25)26-19/h3-6,11-12H,2,7-10,13H2,1H3,(H,20,25). The van der Waals surface area contributed by atoms with Crippen LogP contribution in [0.15, 0.2) is 36.7 Å². The predicted octanol–water partition coefficient (Wildman–Crippen LogP) is 2.28. The summed E-state index contributed by atoms with van der Waals surface area (Å²) in [6.45, 7) is 4.60. The molecule has 2 aliphatic rings. The van der Waals surface area contributed by atoms with Gasteiger partial charge in [-0.25, -0.2) is 4.79 Å². The largest absolute Gasteiger partial charge is 0.441 e. The molecule has 2 saturated heterocycles. The Balaban J connectivity index is 1.41. The molecule has 0 unspecified atom stereocenters. The number of carbonyl (C=O) groups is 2. The lowest BCUT2D eigenvalue weighted by Gasteiger charge is -2.37. The number of hydrogen-bond donors (Lipinski definition) is 1. The van der Waals surface area contributed by atoms with Gasteiger partial charge in [0.2, 0.25) is 0 Å². The fourth-order valence-electron chi connectivity index (χ4n) is 3.57. The molecule has 1 aromatic carbocycles. The lowest BCUT2D eigenvalue weighted by Crippen LogP contribution is -2.48. The first kappa shape index (κ1) is 16.6. The number of ether oxygens (including phenoxy) is 1. The Labute approximate surface area is 151 Å². The van der Waals surface area contributed by atoms with Crippen molar-refractivity contribution in [3.05, 3.63) is 42.2 Å². The minimum absolute atomic E-state index is 0.0212. The smallest absolute Gasteiger partial charge is 0.407 e. The van der Waals surface area contributed by atoms with Gasteiger partial charge in [0.25, 0.3) is 5.91 Å². The van der Waals surface area contributed by atoms with Gasteiger partial charge in [-0.2, -0.15) is 5.10 Å². The zero-order valence-corrected chi connectivity index (χ0v) is 14.8. The lowest BCUT2D eigenvalue weighted by molar-refractivity contribution is 0.00331. The van der Waals surface area contributed by atoms with E-state index in [4.69, 9.17) is 4.74 Å². The van der Waals surface area contributed by atoms with Crippen molar-refractivity contribution < 1.29 is 14.3 Å². The zero-order chi connectivity index (χ0) is 18.1. The molecule has 0 saturated carbocycles. The van der Waals surface area contributed by atoms with E-state index in [1.165, 1.54) is 0 Å². The number of alkyl carbamates (subject to hydrolysis) is 1. The average Bonchev–Trinajstić information content (AvgIpc) is 3.29. The monoisotopic (exact) mass is 354 g/mol. The second-order valence-corrected chi connectivity index (χ2v) is 6.88. The number of aromatic nitrogens is 2. The molecule has 2 fully saturated rings. The van der Waals surface area contributed by atoms with E-state index >= 15 is 0 Å². The SMILES string of the molecule is CCn1cc(-c2ccc(C(=O)N3CCC4(CC3)CNC(=O)O4)cc2)cn1. The summed E-state index contributed by atoms with van der Waals surface area (Å²) in [7, 11) is 0. The summed E-state index contributed by atoms with van der Waals surface area (Å²) in [5.74, 6) is 0.0212. The summed E-state index contributed by atoms with van der Waals surface area (Å²) in [4.78, 5) is 25.9. The van der Waals surface area contributed by atoms with Crippen LogP contribution in [0.4, 0.5) is 4.79 Å². The number of hydrogen-bond acceptors (Lipinski definition) is 4. The first-order valence-electron chi connectivity index (χ1n) is 8.98. The number of likely N-dealkylation sites (tertiary alicyclic amines) is 1. The van der Waals surface area contributed by atoms with Crippen molar-refractivity contribution in [3.8, 4) is 11.1 Å². The first-order valence-corrected chi connectivity index (χ1v) is 8.98. The summed E-state index contributed by atoms with van der Waals surface area (Å²) in [5.41, 5.74) is 2.33. The summed E-state index contributed by atoms with van der Waals surface area (Å²) in [6, 6.07) is 7.64. The molecule has 2 aromatic rings. The molecule has 0 bridgehead atoms. The molecule has 136 valence electrons. The van der Waals surface area contributed by atoms with Crippen molar-refractivity contribution in [2.45, 2.75) is 31.9 Å². The first-order chi connectivity index (χ1) is 12.6. The summed E-state index contributed by atoms with van der Waals surface area (Å²) < 4.78 is 7.28. The molecule has 7 nitrogen and oxygen atoms in total. The van der Waals surface area contributed by atoms with Crippen LogP contribution in [0.5, 0.6) is 0 Å². The highest BCUT2D eigenvalue weighted by Gasteiger charge is 2.43. The fraction of sp³-hybridized carbons (Fsp3) is 0.421. The van der Waals surface area contributed by atoms with Crippen LogP contribution in [0.2, 0.25) is 0 Å². The number of aryl methyl sites for hydroxylation is 1. The fourth-order valence-corrected chi connectivity index (χ4v) is 3.57. The molecule has 7 heteroatoms. The quantitative estimate of drug-likeness (QED) is 0.917. The number of piperidine rings is 1. The van der Waals surface area contributed by atoms with Crippen LogP contribution in [0, 0.1) is 0 Å². The van der Waals surface area contributed by atoms with E-state index in [1.807, 2.05) is 53.2 Å². The van der Waals surface area contributed by atoms with Crippen molar-refractivity contribution in [3.63, 3.8) is 0 Å². The van der Waals surface area contributed by atoms with Crippen LogP contribution in [0.3, 0.4) is 0 Å². The van der Waals surface area contributed by atoms with Gasteiger partial charge in [-0.3, -0.25) is 9.48 Å². The molecule has 1 N–H and O–H groups in total. The van der Waals surface area contributed by atoms with Crippen molar-refractivity contribution >= 4 is 12.0 Å². The van der Waals surface area contributed by atoms with Gasteiger partial charge < -0.3 is 15.0 Å². The summed E-state index contributed by atoms with van der Waals surface area (Å²) >= 11 is 0. The molecular weight excluding hydrogens is 332 g/mol. The van der Waals surface area contributed by atoms with Crippen molar-refractivity contribution in [1.29, 1.82) is 0 Å². The van der Waals surface area contributed by atoms with Crippen LogP contribution in [0.25, 0.3) is 11.1 Å². The van der Waals surface area contributed by atoms with E-state index in [1.54, 1.807) is 0 Å². The molecule has 26 heavy (non-hydrogen) atoms. The third kappa shape index (κ3) is 3.05. The maximum Gasteiger partial charge on any atom is 0.407 e. The number of benzene rings is 1. The van der Waals surface area contributed by atoms with Crippen LogP contribution in [-0.2, 0) is 11.3 Å².